The van der Waals surface area contributed by atoms with Crippen LogP contribution in [0.5, 0.6) is 0 Å². The van der Waals surface area contributed by atoms with E-state index >= 15 is 0 Å². The second-order valence-corrected chi connectivity index (χ2v) is 7.31. The van der Waals surface area contributed by atoms with E-state index in [1.54, 1.807) is 12.5 Å². The summed E-state index contributed by atoms with van der Waals surface area (Å²) in [4.78, 5) is 20.6. The van der Waals surface area contributed by atoms with Gasteiger partial charge in [-0.25, -0.2) is 4.98 Å². The van der Waals surface area contributed by atoms with Crippen LogP contribution in [0.15, 0.2) is 59.6 Å². The maximum atomic E-state index is 12.5. The number of hydrogen-bond donors (Lipinski definition) is 0. The molecular formula is C19H19BrN6O. The van der Waals surface area contributed by atoms with Crippen LogP contribution < -0.4 is 4.90 Å². The Hall–Kier alpha value is -2.74. The highest BCUT2D eigenvalue weighted by Crippen LogP contribution is 2.16. The van der Waals surface area contributed by atoms with E-state index in [1.165, 1.54) is 0 Å². The Bertz CT molecular complexity index is 887. The van der Waals surface area contributed by atoms with Gasteiger partial charge in [0.15, 0.2) is 11.6 Å². The summed E-state index contributed by atoms with van der Waals surface area (Å²) >= 11 is 3.42. The molecule has 0 N–H and O–H groups in total. The largest absolute Gasteiger partial charge is 0.352 e. The van der Waals surface area contributed by atoms with Gasteiger partial charge in [0, 0.05) is 43.0 Å². The van der Waals surface area contributed by atoms with Crippen molar-refractivity contribution in [3.63, 3.8) is 0 Å². The number of carbonyl (C=O) groups is 1. The average Bonchev–Trinajstić information content (AvgIpc) is 3.25. The number of benzene rings is 1. The van der Waals surface area contributed by atoms with Gasteiger partial charge in [-0.1, -0.05) is 28.1 Å². The Labute approximate surface area is 165 Å². The fraction of sp³-hybridized carbons (Fsp3) is 0.263. The van der Waals surface area contributed by atoms with E-state index in [0.717, 1.165) is 34.8 Å². The quantitative estimate of drug-likeness (QED) is 0.640. The molecule has 1 amide bonds. The van der Waals surface area contributed by atoms with E-state index in [1.807, 2.05) is 52.1 Å². The number of imidazole rings is 1. The molecule has 3 heterocycles. The lowest BCUT2D eigenvalue weighted by Gasteiger charge is -2.35. The molecular weight excluding hydrogens is 408 g/mol. The number of anilines is 1. The summed E-state index contributed by atoms with van der Waals surface area (Å²) in [6, 6.07) is 11.8. The first-order valence-corrected chi connectivity index (χ1v) is 9.57. The van der Waals surface area contributed by atoms with Gasteiger partial charge >= 0.3 is 0 Å². The molecule has 0 saturated carbocycles. The number of halogens is 1. The SMILES string of the molecule is O=C(Cc1ccc(Br)cc1)N1CCN(c2ccc(-n3ccnc3)nn2)CC1. The summed E-state index contributed by atoms with van der Waals surface area (Å²) in [7, 11) is 0. The minimum atomic E-state index is 0.165. The smallest absolute Gasteiger partial charge is 0.227 e. The molecule has 8 heteroatoms. The molecule has 1 saturated heterocycles. The van der Waals surface area contributed by atoms with Crippen LogP contribution in [-0.4, -0.2) is 56.7 Å². The molecule has 138 valence electrons. The highest BCUT2D eigenvalue weighted by molar-refractivity contribution is 9.10. The van der Waals surface area contributed by atoms with Gasteiger partial charge in [0.2, 0.25) is 5.91 Å². The maximum Gasteiger partial charge on any atom is 0.227 e. The zero-order chi connectivity index (χ0) is 18.6. The zero-order valence-corrected chi connectivity index (χ0v) is 16.3. The Morgan fingerprint density at radius 2 is 1.67 bits per heavy atom. The maximum absolute atomic E-state index is 12.5. The third-order valence-electron chi connectivity index (χ3n) is 4.63. The van der Waals surface area contributed by atoms with Crippen molar-refractivity contribution in [2.75, 3.05) is 31.1 Å². The van der Waals surface area contributed by atoms with Gasteiger partial charge in [-0.05, 0) is 29.8 Å². The highest BCUT2D eigenvalue weighted by Gasteiger charge is 2.22. The molecule has 3 aromatic rings. The van der Waals surface area contributed by atoms with Gasteiger partial charge in [0.1, 0.15) is 6.33 Å². The fourth-order valence-corrected chi connectivity index (χ4v) is 3.36. The summed E-state index contributed by atoms with van der Waals surface area (Å²) in [6.45, 7) is 2.90. The minimum absolute atomic E-state index is 0.165. The second kappa shape index (κ2) is 7.87. The van der Waals surface area contributed by atoms with Gasteiger partial charge in [-0.15, -0.1) is 10.2 Å². The zero-order valence-electron chi connectivity index (χ0n) is 14.7. The van der Waals surface area contributed by atoms with Crippen LogP contribution in [0.25, 0.3) is 5.82 Å². The fourth-order valence-electron chi connectivity index (χ4n) is 3.09. The molecule has 7 nitrogen and oxygen atoms in total. The summed E-state index contributed by atoms with van der Waals surface area (Å²) in [5.41, 5.74) is 1.03. The highest BCUT2D eigenvalue weighted by atomic mass is 79.9. The van der Waals surface area contributed by atoms with Crippen LogP contribution >= 0.6 is 15.9 Å². The molecule has 1 fully saturated rings. The van der Waals surface area contributed by atoms with E-state index in [9.17, 15) is 4.79 Å². The predicted molar refractivity (Wildman–Crippen MR) is 106 cm³/mol. The summed E-state index contributed by atoms with van der Waals surface area (Å²) in [6.07, 6.45) is 5.67. The molecule has 1 aliphatic heterocycles. The first-order chi connectivity index (χ1) is 13.2. The number of piperazine rings is 1. The van der Waals surface area contributed by atoms with E-state index < -0.39 is 0 Å². The van der Waals surface area contributed by atoms with Crippen molar-refractivity contribution >= 4 is 27.7 Å². The van der Waals surface area contributed by atoms with E-state index in [4.69, 9.17) is 0 Å². The lowest BCUT2D eigenvalue weighted by molar-refractivity contribution is -0.130. The van der Waals surface area contributed by atoms with Crippen LogP contribution in [0.2, 0.25) is 0 Å². The number of rotatable bonds is 4. The molecule has 0 aliphatic carbocycles. The second-order valence-electron chi connectivity index (χ2n) is 6.39. The monoisotopic (exact) mass is 426 g/mol. The molecule has 0 radical (unpaired) electrons. The number of nitrogens with zero attached hydrogens (tertiary/aromatic N) is 6. The van der Waals surface area contributed by atoms with Crippen molar-refractivity contribution in [1.82, 2.24) is 24.6 Å². The van der Waals surface area contributed by atoms with Crippen molar-refractivity contribution in [1.29, 1.82) is 0 Å². The number of amides is 1. The van der Waals surface area contributed by atoms with E-state index in [0.29, 0.717) is 19.5 Å². The van der Waals surface area contributed by atoms with Gasteiger partial charge in [0.25, 0.3) is 0 Å². The molecule has 1 aliphatic rings. The van der Waals surface area contributed by atoms with Crippen molar-refractivity contribution < 1.29 is 4.79 Å². The molecule has 2 aromatic heterocycles. The molecule has 0 atom stereocenters. The Morgan fingerprint density at radius 3 is 2.30 bits per heavy atom. The Kier molecular flexibility index (Phi) is 5.15. The summed E-state index contributed by atoms with van der Waals surface area (Å²) < 4.78 is 2.84. The van der Waals surface area contributed by atoms with Gasteiger partial charge in [-0.3, -0.25) is 9.36 Å². The number of hydrogen-bond acceptors (Lipinski definition) is 5. The third-order valence-corrected chi connectivity index (χ3v) is 5.16. The third kappa shape index (κ3) is 4.16. The van der Waals surface area contributed by atoms with Gasteiger partial charge < -0.3 is 9.80 Å². The van der Waals surface area contributed by atoms with Crippen molar-refractivity contribution in [3.05, 3.63) is 65.2 Å². The lowest BCUT2D eigenvalue weighted by Crippen LogP contribution is -2.49. The van der Waals surface area contributed by atoms with Crippen molar-refractivity contribution in [3.8, 4) is 5.82 Å². The van der Waals surface area contributed by atoms with Crippen LogP contribution in [0.1, 0.15) is 5.56 Å². The molecule has 0 bridgehead atoms. The number of aromatic nitrogens is 4. The standard InChI is InChI=1S/C19H19BrN6O/c20-16-3-1-15(2-4-16)13-19(27)25-11-9-24(10-12-25)17-5-6-18(23-22-17)26-8-7-21-14-26/h1-8,14H,9-13H2. The molecule has 0 unspecified atom stereocenters. The van der Waals surface area contributed by atoms with Crippen LogP contribution in [0.3, 0.4) is 0 Å². The van der Waals surface area contributed by atoms with Gasteiger partial charge in [-0.2, -0.15) is 0 Å². The predicted octanol–water partition coefficient (Wildman–Crippen LogP) is 2.32. The molecule has 1 aromatic carbocycles. The molecule has 27 heavy (non-hydrogen) atoms. The topological polar surface area (TPSA) is 67.2 Å². The van der Waals surface area contributed by atoms with Crippen LogP contribution in [0.4, 0.5) is 5.82 Å². The first kappa shape index (κ1) is 17.7. The van der Waals surface area contributed by atoms with E-state index in [-0.39, 0.29) is 5.91 Å². The van der Waals surface area contributed by atoms with Crippen molar-refractivity contribution in [2.45, 2.75) is 6.42 Å². The Balaban J connectivity index is 1.33. The van der Waals surface area contributed by atoms with Crippen LogP contribution in [-0.2, 0) is 11.2 Å². The number of carbonyl (C=O) groups excluding carboxylic acids is 1. The van der Waals surface area contributed by atoms with Gasteiger partial charge in [0.05, 0.1) is 6.42 Å². The summed E-state index contributed by atoms with van der Waals surface area (Å²) in [5, 5.41) is 8.58. The first-order valence-electron chi connectivity index (χ1n) is 8.78. The Morgan fingerprint density at radius 1 is 0.963 bits per heavy atom. The average molecular weight is 427 g/mol. The van der Waals surface area contributed by atoms with E-state index in [2.05, 4.69) is 36.0 Å². The molecule has 4 rings (SSSR count). The molecule has 0 spiro atoms. The van der Waals surface area contributed by atoms with Crippen LogP contribution in [0, 0.1) is 0 Å². The summed E-state index contributed by atoms with van der Waals surface area (Å²) in [5.74, 6) is 1.73. The minimum Gasteiger partial charge on any atom is -0.352 e. The van der Waals surface area contributed by atoms with Crippen molar-refractivity contribution in [2.24, 2.45) is 0 Å². The normalized spacial score (nSPS) is 14.4. The lowest BCUT2D eigenvalue weighted by atomic mass is 10.1.